The van der Waals surface area contributed by atoms with E-state index in [0.29, 0.717) is 0 Å². The minimum atomic E-state index is -1.82. The highest BCUT2D eigenvalue weighted by atomic mass is 16.6. The van der Waals surface area contributed by atoms with Gasteiger partial charge in [0.2, 0.25) is 5.60 Å². The Balaban J connectivity index is 2.77. The topological polar surface area (TPSA) is 104 Å². The number of hydrogen-bond donors (Lipinski definition) is 2. The van der Waals surface area contributed by atoms with Gasteiger partial charge in [-0.2, -0.15) is 0 Å². The van der Waals surface area contributed by atoms with Gasteiger partial charge in [-0.15, -0.1) is 0 Å². The molecule has 1 saturated heterocycles. The molecule has 0 aromatic heterocycles. The molecule has 72 valence electrons. The molecule has 0 saturated carbocycles. The smallest absolute Gasteiger partial charge is 0.339 e. The third kappa shape index (κ3) is 1.52. The fraction of sp³-hybridized carbons (Fsp3) is 0.571. The normalized spacial score (nSPS) is 31.0. The zero-order chi connectivity index (χ0) is 10.2. The predicted octanol–water partition coefficient (Wildman–Crippen LogP) is -0.728. The van der Waals surface area contributed by atoms with E-state index in [4.69, 9.17) is 10.2 Å². The van der Waals surface area contributed by atoms with Crippen molar-refractivity contribution in [2.75, 3.05) is 0 Å². The van der Waals surface area contributed by atoms with Crippen LogP contribution >= 0.6 is 0 Å². The van der Waals surface area contributed by atoms with Crippen molar-refractivity contribution in [1.29, 1.82) is 0 Å². The molecule has 2 unspecified atom stereocenters. The standard InChI is InChI=1S/C7H8O6/c1-3(8)5-7(13-5,6(11)12)2-4(9)10/h5H,2H2,1H3,(H,9,10)(H,11,12). The van der Waals surface area contributed by atoms with Crippen molar-refractivity contribution in [3.05, 3.63) is 0 Å². The number of carbonyl (C=O) groups excluding carboxylic acids is 1. The number of epoxide rings is 1. The molecule has 1 aliphatic rings. The molecule has 2 atom stereocenters. The number of aliphatic carboxylic acids is 2. The highest BCUT2D eigenvalue weighted by molar-refractivity contribution is 5.98. The molecule has 2 N–H and O–H groups in total. The van der Waals surface area contributed by atoms with Gasteiger partial charge in [0.05, 0.1) is 6.42 Å². The molecule has 1 aliphatic heterocycles. The first-order valence-electron chi connectivity index (χ1n) is 3.53. The van der Waals surface area contributed by atoms with E-state index in [0.717, 1.165) is 6.92 Å². The molecule has 0 aromatic rings. The largest absolute Gasteiger partial charge is 0.481 e. The number of hydrogen-bond acceptors (Lipinski definition) is 4. The quantitative estimate of drug-likeness (QED) is 0.563. The minimum absolute atomic E-state index is 0.469. The molecular weight excluding hydrogens is 180 g/mol. The van der Waals surface area contributed by atoms with Crippen LogP contribution < -0.4 is 0 Å². The van der Waals surface area contributed by atoms with E-state index in [2.05, 4.69) is 4.74 Å². The van der Waals surface area contributed by atoms with Crippen LogP contribution in [0.4, 0.5) is 0 Å². The number of carbonyl (C=O) groups is 3. The van der Waals surface area contributed by atoms with Crippen LogP contribution in [0.2, 0.25) is 0 Å². The van der Waals surface area contributed by atoms with Gasteiger partial charge in [-0.3, -0.25) is 9.59 Å². The van der Waals surface area contributed by atoms with E-state index in [9.17, 15) is 14.4 Å². The lowest BCUT2D eigenvalue weighted by molar-refractivity contribution is -0.149. The SMILES string of the molecule is CC(=O)C1OC1(CC(=O)O)C(=O)O. The third-order valence-electron chi connectivity index (χ3n) is 1.84. The summed E-state index contributed by atoms with van der Waals surface area (Å²) < 4.78 is 4.61. The molecule has 13 heavy (non-hydrogen) atoms. The van der Waals surface area contributed by atoms with Crippen LogP contribution in [0.25, 0.3) is 0 Å². The number of rotatable bonds is 4. The number of ether oxygens (including phenoxy) is 1. The lowest BCUT2D eigenvalue weighted by Gasteiger charge is -2.01. The summed E-state index contributed by atoms with van der Waals surface area (Å²) in [4.78, 5) is 31.6. The first kappa shape index (κ1) is 9.66. The van der Waals surface area contributed by atoms with Crippen LogP contribution in [0.1, 0.15) is 13.3 Å². The zero-order valence-electron chi connectivity index (χ0n) is 6.81. The van der Waals surface area contributed by atoms with E-state index >= 15 is 0 Å². The van der Waals surface area contributed by atoms with E-state index in [1.165, 1.54) is 0 Å². The number of carboxylic acid groups (broad SMARTS) is 2. The molecule has 1 rings (SSSR count). The first-order valence-corrected chi connectivity index (χ1v) is 3.53. The summed E-state index contributed by atoms with van der Waals surface area (Å²) in [5.41, 5.74) is -1.82. The van der Waals surface area contributed by atoms with Gasteiger partial charge >= 0.3 is 11.9 Å². The van der Waals surface area contributed by atoms with Gasteiger partial charge < -0.3 is 14.9 Å². The Labute approximate surface area is 73.1 Å². The van der Waals surface area contributed by atoms with E-state index in [-0.39, 0.29) is 0 Å². The maximum atomic E-state index is 10.7. The van der Waals surface area contributed by atoms with Crippen LogP contribution in [-0.4, -0.2) is 39.6 Å². The minimum Gasteiger partial charge on any atom is -0.481 e. The Morgan fingerprint density at radius 1 is 1.38 bits per heavy atom. The van der Waals surface area contributed by atoms with Crippen molar-refractivity contribution in [2.24, 2.45) is 0 Å². The molecule has 0 spiro atoms. The predicted molar refractivity (Wildman–Crippen MR) is 38.2 cm³/mol. The Morgan fingerprint density at radius 2 is 1.92 bits per heavy atom. The summed E-state index contributed by atoms with van der Waals surface area (Å²) >= 11 is 0. The Hall–Kier alpha value is -1.43. The van der Waals surface area contributed by atoms with Crippen LogP contribution in [0.15, 0.2) is 0 Å². The molecule has 1 heterocycles. The summed E-state index contributed by atoms with van der Waals surface area (Å²) in [5, 5.41) is 17.0. The average Bonchev–Trinajstić information content (AvgIpc) is 2.62. The van der Waals surface area contributed by atoms with E-state index < -0.39 is 35.8 Å². The second-order valence-electron chi connectivity index (χ2n) is 2.87. The van der Waals surface area contributed by atoms with Gasteiger partial charge in [-0.1, -0.05) is 0 Å². The summed E-state index contributed by atoms with van der Waals surface area (Å²) in [6.07, 6.45) is -1.80. The van der Waals surface area contributed by atoms with E-state index in [1.54, 1.807) is 0 Å². The highest BCUT2D eigenvalue weighted by Gasteiger charge is 2.66. The zero-order valence-corrected chi connectivity index (χ0v) is 6.81. The van der Waals surface area contributed by atoms with Crippen LogP contribution in [0.5, 0.6) is 0 Å². The van der Waals surface area contributed by atoms with Crippen molar-refractivity contribution in [3.8, 4) is 0 Å². The maximum absolute atomic E-state index is 10.7. The number of ketones is 1. The summed E-state index contributed by atoms with van der Waals surface area (Å²) in [6.45, 7) is 1.16. The van der Waals surface area contributed by atoms with Crippen molar-refractivity contribution < 1.29 is 29.3 Å². The lowest BCUT2D eigenvalue weighted by Crippen LogP contribution is -2.32. The molecule has 0 bridgehead atoms. The monoisotopic (exact) mass is 188 g/mol. The molecule has 0 amide bonds. The van der Waals surface area contributed by atoms with Gasteiger partial charge in [0, 0.05) is 0 Å². The molecule has 6 heteroatoms. The average molecular weight is 188 g/mol. The second kappa shape index (κ2) is 2.81. The van der Waals surface area contributed by atoms with Crippen LogP contribution in [-0.2, 0) is 19.1 Å². The second-order valence-corrected chi connectivity index (χ2v) is 2.87. The summed E-state index contributed by atoms with van der Waals surface area (Å²) in [5.74, 6) is -3.18. The fourth-order valence-corrected chi connectivity index (χ4v) is 1.18. The molecule has 6 nitrogen and oxygen atoms in total. The number of Topliss-reactive ketones (excluding diaryl/α,β-unsaturated/α-hetero) is 1. The van der Waals surface area contributed by atoms with E-state index in [1.807, 2.05) is 0 Å². The molecule has 1 fully saturated rings. The lowest BCUT2D eigenvalue weighted by atomic mass is 9.99. The number of carboxylic acids is 2. The van der Waals surface area contributed by atoms with Crippen LogP contribution in [0.3, 0.4) is 0 Å². The Bertz CT molecular complexity index is 283. The first-order chi connectivity index (χ1) is 5.90. The maximum Gasteiger partial charge on any atom is 0.339 e. The third-order valence-corrected chi connectivity index (χ3v) is 1.84. The van der Waals surface area contributed by atoms with Gasteiger partial charge in [0.25, 0.3) is 0 Å². The Kier molecular flexibility index (Phi) is 2.09. The molecule has 0 aliphatic carbocycles. The Morgan fingerprint density at radius 3 is 2.15 bits per heavy atom. The summed E-state index contributed by atoms with van der Waals surface area (Å²) in [7, 11) is 0. The molecular formula is C7H8O6. The fourth-order valence-electron chi connectivity index (χ4n) is 1.18. The van der Waals surface area contributed by atoms with Crippen molar-refractivity contribution in [2.45, 2.75) is 25.0 Å². The van der Waals surface area contributed by atoms with Crippen LogP contribution in [0, 0.1) is 0 Å². The molecule has 0 radical (unpaired) electrons. The van der Waals surface area contributed by atoms with Crippen molar-refractivity contribution in [1.82, 2.24) is 0 Å². The van der Waals surface area contributed by atoms with Gasteiger partial charge in [-0.25, -0.2) is 4.79 Å². The van der Waals surface area contributed by atoms with Gasteiger partial charge in [-0.05, 0) is 6.92 Å². The molecule has 0 aromatic carbocycles. The van der Waals surface area contributed by atoms with Crippen molar-refractivity contribution >= 4 is 17.7 Å². The summed E-state index contributed by atoms with van der Waals surface area (Å²) in [6, 6.07) is 0. The van der Waals surface area contributed by atoms with Crippen molar-refractivity contribution in [3.63, 3.8) is 0 Å². The highest BCUT2D eigenvalue weighted by Crippen LogP contribution is 2.40. The van der Waals surface area contributed by atoms with Gasteiger partial charge in [0.1, 0.15) is 0 Å². The van der Waals surface area contributed by atoms with Gasteiger partial charge in [0.15, 0.2) is 11.9 Å².